The predicted octanol–water partition coefficient (Wildman–Crippen LogP) is 3.98. The first kappa shape index (κ1) is 19.1. The minimum atomic E-state index is -4.44. The van der Waals surface area contributed by atoms with Crippen molar-refractivity contribution in [3.05, 3.63) is 47.6 Å². The largest absolute Gasteiger partial charge is 0.494 e. The maximum Gasteiger partial charge on any atom is 0.416 e. The van der Waals surface area contributed by atoms with E-state index in [0.717, 1.165) is 49.0 Å². The highest BCUT2D eigenvalue weighted by atomic mass is 19.4. The normalized spacial score (nSPS) is 21.5. The van der Waals surface area contributed by atoms with Gasteiger partial charge in [0.25, 0.3) is 0 Å². The van der Waals surface area contributed by atoms with Crippen LogP contribution in [-0.2, 0) is 15.7 Å². The molecule has 0 saturated carbocycles. The molecule has 2 saturated heterocycles. The molecule has 0 spiro atoms. The summed E-state index contributed by atoms with van der Waals surface area (Å²) in [4.78, 5) is 15.4. The quantitative estimate of drug-likeness (QED) is 0.804. The van der Waals surface area contributed by atoms with Crippen LogP contribution in [0, 0.1) is 0 Å². The number of aromatic nitrogens is 3. The zero-order valence-corrected chi connectivity index (χ0v) is 16.0. The van der Waals surface area contributed by atoms with Gasteiger partial charge < -0.3 is 19.7 Å². The number of alkyl halides is 3. The summed E-state index contributed by atoms with van der Waals surface area (Å²) in [5.41, 5.74) is 1.09. The van der Waals surface area contributed by atoms with Gasteiger partial charge in [-0.1, -0.05) is 0 Å². The van der Waals surface area contributed by atoms with Crippen molar-refractivity contribution in [1.82, 2.24) is 15.0 Å². The van der Waals surface area contributed by atoms with E-state index >= 15 is 0 Å². The molecule has 1 unspecified atom stereocenters. The Hall–Kier alpha value is -2.88. The van der Waals surface area contributed by atoms with Crippen molar-refractivity contribution < 1.29 is 22.6 Å². The molecule has 0 aromatic carbocycles. The van der Waals surface area contributed by atoms with E-state index in [4.69, 9.17) is 14.5 Å². The van der Waals surface area contributed by atoms with E-state index in [0.29, 0.717) is 31.5 Å². The first-order valence-corrected chi connectivity index (χ1v) is 9.85. The molecule has 10 heteroatoms. The first-order chi connectivity index (χ1) is 14.5. The van der Waals surface area contributed by atoms with Gasteiger partial charge in [0, 0.05) is 37.8 Å². The van der Waals surface area contributed by atoms with Gasteiger partial charge in [0.2, 0.25) is 5.95 Å². The van der Waals surface area contributed by atoms with E-state index in [9.17, 15) is 13.2 Å². The van der Waals surface area contributed by atoms with Crippen molar-refractivity contribution in [3.63, 3.8) is 0 Å². The van der Waals surface area contributed by atoms with Gasteiger partial charge in [0.1, 0.15) is 24.0 Å². The Bertz CT molecular complexity index is 975. The standard InChI is InChI=1S/C20H20F3N5O2/c21-20(22,23)13-1-4-24-17(7-13)26-18-9-16(12-2-5-29-6-3-12)25-19(27-18)28-10-15-8-14(28)11-30-15/h1,4,7,9,11-12,15H,2-3,5-6,8,10H2,(H,24,25,26,27). The van der Waals surface area contributed by atoms with Crippen LogP contribution in [0.15, 0.2) is 36.4 Å². The van der Waals surface area contributed by atoms with Crippen molar-refractivity contribution in [2.24, 2.45) is 0 Å². The Kier molecular flexibility index (Phi) is 4.73. The molecule has 2 aromatic rings. The van der Waals surface area contributed by atoms with E-state index in [1.165, 1.54) is 0 Å². The third-order valence-corrected chi connectivity index (χ3v) is 5.52. The second-order valence-electron chi connectivity index (χ2n) is 7.60. The molecule has 2 aromatic heterocycles. The van der Waals surface area contributed by atoms with E-state index in [2.05, 4.69) is 15.3 Å². The van der Waals surface area contributed by atoms with E-state index in [1.54, 1.807) is 12.3 Å². The fourth-order valence-electron chi connectivity index (χ4n) is 3.96. The molecule has 1 atom stereocenters. The van der Waals surface area contributed by atoms with E-state index < -0.39 is 11.7 Å². The third-order valence-electron chi connectivity index (χ3n) is 5.52. The number of hydrogen-bond donors (Lipinski definition) is 1. The zero-order valence-electron chi connectivity index (χ0n) is 16.0. The van der Waals surface area contributed by atoms with E-state index in [-0.39, 0.29) is 17.8 Å². The SMILES string of the molecule is FC(F)(F)c1ccnc(Nc2cc(C3CCOCC3)nc(N3CC4CC3=CO4)n2)c1. The number of anilines is 3. The summed E-state index contributed by atoms with van der Waals surface area (Å²) in [6.07, 6.45) is 0.997. The van der Waals surface area contributed by atoms with Gasteiger partial charge in [-0.2, -0.15) is 18.2 Å². The summed E-state index contributed by atoms with van der Waals surface area (Å²) in [5.74, 6) is 1.22. The van der Waals surface area contributed by atoms with Crippen LogP contribution in [0.4, 0.5) is 30.8 Å². The summed E-state index contributed by atoms with van der Waals surface area (Å²) in [5, 5.41) is 2.93. The zero-order chi connectivity index (χ0) is 20.7. The minimum absolute atomic E-state index is 0.0814. The molecule has 2 bridgehead atoms. The molecule has 0 aliphatic carbocycles. The Morgan fingerprint density at radius 2 is 1.93 bits per heavy atom. The number of fused-ring (bicyclic) bond motifs is 2. The highest BCUT2D eigenvalue weighted by molar-refractivity contribution is 5.57. The van der Waals surface area contributed by atoms with Gasteiger partial charge in [-0.25, -0.2) is 9.97 Å². The Balaban J connectivity index is 1.48. The molecule has 1 N–H and O–H groups in total. The van der Waals surface area contributed by atoms with Crippen LogP contribution in [0.2, 0.25) is 0 Å². The maximum absolute atomic E-state index is 13.1. The van der Waals surface area contributed by atoms with Gasteiger partial charge in [0.15, 0.2) is 0 Å². The smallest absolute Gasteiger partial charge is 0.416 e. The Morgan fingerprint density at radius 1 is 1.10 bits per heavy atom. The summed E-state index contributed by atoms with van der Waals surface area (Å²) < 4.78 is 50.1. The molecular formula is C20H20F3N5O2. The highest BCUT2D eigenvalue weighted by Crippen LogP contribution is 2.36. The molecule has 158 valence electrons. The topological polar surface area (TPSA) is 72.4 Å². The monoisotopic (exact) mass is 419 g/mol. The molecular weight excluding hydrogens is 399 g/mol. The fourth-order valence-corrected chi connectivity index (χ4v) is 3.96. The highest BCUT2D eigenvalue weighted by Gasteiger charge is 2.36. The molecule has 30 heavy (non-hydrogen) atoms. The van der Waals surface area contributed by atoms with Crippen molar-refractivity contribution in [3.8, 4) is 0 Å². The van der Waals surface area contributed by atoms with Gasteiger partial charge in [-0.15, -0.1) is 0 Å². The van der Waals surface area contributed by atoms with Crippen LogP contribution in [0.5, 0.6) is 0 Å². The van der Waals surface area contributed by atoms with Crippen LogP contribution in [-0.4, -0.2) is 40.8 Å². The number of rotatable bonds is 4. The third kappa shape index (κ3) is 3.79. The summed E-state index contributed by atoms with van der Waals surface area (Å²) in [6, 6.07) is 3.71. The fraction of sp³-hybridized carbons (Fsp3) is 0.450. The number of pyridine rings is 1. The molecule has 3 aliphatic rings. The lowest BCUT2D eigenvalue weighted by Gasteiger charge is -2.25. The van der Waals surface area contributed by atoms with Crippen LogP contribution in [0.1, 0.15) is 36.4 Å². The van der Waals surface area contributed by atoms with Crippen molar-refractivity contribution >= 4 is 17.6 Å². The lowest BCUT2D eigenvalue weighted by molar-refractivity contribution is -0.137. The summed E-state index contributed by atoms with van der Waals surface area (Å²) in [7, 11) is 0. The molecule has 3 aliphatic heterocycles. The first-order valence-electron chi connectivity index (χ1n) is 9.85. The predicted molar refractivity (Wildman–Crippen MR) is 102 cm³/mol. The molecule has 7 nitrogen and oxygen atoms in total. The number of hydrogen-bond acceptors (Lipinski definition) is 7. The molecule has 5 heterocycles. The molecule has 0 amide bonds. The summed E-state index contributed by atoms with van der Waals surface area (Å²) in [6.45, 7) is 1.98. The molecule has 5 rings (SSSR count). The summed E-state index contributed by atoms with van der Waals surface area (Å²) >= 11 is 0. The number of nitrogens with one attached hydrogen (secondary N) is 1. The lowest BCUT2D eigenvalue weighted by atomic mass is 9.96. The average molecular weight is 419 g/mol. The van der Waals surface area contributed by atoms with Crippen molar-refractivity contribution in [1.29, 1.82) is 0 Å². The molecule has 0 radical (unpaired) electrons. The molecule has 2 fully saturated rings. The second-order valence-corrected chi connectivity index (χ2v) is 7.60. The van der Waals surface area contributed by atoms with Crippen LogP contribution >= 0.6 is 0 Å². The number of ether oxygens (including phenoxy) is 2. The van der Waals surface area contributed by atoms with Gasteiger partial charge in [-0.3, -0.25) is 0 Å². The van der Waals surface area contributed by atoms with Gasteiger partial charge in [0.05, 0.1) is 23.5 Å². The van der Waals surface area contributed by atoms with Crippen LogP contribution < -0.4 is 10.2 Å². The Morgan fingerprint density at radius 3 is 2.63 bits per heavy atom. The van der Waals surface area contributed by atoms with Gasteiger partial charge >= 0.3 is 6.18 Å². The Labute approximate surface area is 170 Å². The number of halogens is 3. The van der Waals surface area contributed by atoms with Crippen LogP contribution in [0.3, 0.4) is 0 Å². The maximum atomic E-state index is 13.1. The van der Waals surface area contributed by atoms with Crippen molar-refractivity contribution in [2.45, 2.75) is 37.5 Å². The average Bonchev–Trinajstić information content (AvgIpc) is 3.38. The minimum Gasteiger partial charge on any atom is -0.494 e. The van der Waals surface area contributed by atoms with E-state index in [1.807, 2.05) is 4.90 Å². The van der Waals surface area contributed by atoms with Gasteiger partial charge in [-0.05, 0) is 25.0 Å². The number of nitrogens with zero attached hydrogens (tertiary/aromatic N) is 4. The van der Waals surface area contributed by atoms with Crippen molar-refractivity contribution in [2.75, 3.05) is 30.0 Å². The van der Waals surface area contributed by atoms with Crippen LogP contribution in [0.25, 0.3) is 0 Å². The lowest BCUT2D eigenvalue weighted by Crippen LogP contribution is -2.27. The second kappa shape index (κ2) is 7.42.